The van der Waals surface area contributed by atoms with Crippen molar-refractivity contribution in [3.8, 4) is 0 Å². The zero-order chi connectivity index (χ0) is 15.7. The number of hydrogen-bond donors (Lipinski definition) is 0. The molecule has 0 N–H and O–H groups in total. The zero-order valence-corrected chi connectivity index (χ0v) is 14.4. The second kappa shape index (κ2) is 6.28. The van der Waals surface area contributed by atoms with Crippen molar-refractivity contribution in [2.75, 3.05) is 6.26 Å². The molecule has 1 aromatic heterocycles. The van der Waals surface area contributed by atoms with Gasteiger partial charge in [0.1, 0.15) is 0 Å². The summed E-state index contributed by atoms with van der Waals surface area (Å²) in [5, 5.41) is 0.681. The molecule has 1 heterocycles. The number of thioether (sulfide) groups is 1. The van der Waals surface area contributed by atoms with Gasteiger partial charge in [0, 0.05) is 17.0 Å². The minimum atomic E-state index is -0.224. The summed E-state index contributed by atoms with van der Waals surface area (Å²) in [5.41, 5.74) is 1.64. The van der Waals surface area contributed by atoms with Crippen molar-refractivity contribution in [1.82, 2.24) is 4.57 Å². The smallest absolute Gasteiger partial charge is 0.280 e. The Morgan fingerprint density at radius 1 is 1.27 bits per heavy atom. The summed E-state index contributed by atoms with van der Waals surface area (Å²) in [6, 6.07) is 13.2. The van der Waals surface area contributed by atoms with Gasteiger partial charge in [-0.25, -0.2) is 0 Å². The van der Waals surface area contributed by atoms with Gasteiger partial charge in [0.15, 0.2) is 4.80 Å². The van der Waals surface area contributed by atoms with E-state index in [0.29, 0.717) is 15.4 Å². The fourth-order valence-electron chi connectivity index (χ4n) is 2.18. The molecule has 2 aromatic carbocycles. The maximum atomic E-state index is 12.5. The lowest BCUT2D eigenvalue weighted by Gasteiger charge is -2.02. The molecule has 0 saturated heterocycles. The molecule has 0 unspecified atom stereocenters. The number of aromatic nitrogens is 1. The van der Waals surface area contributed by atoms with E-state index >= 15 is 0 Å². The standard InChI is InChI=1S/C16H13ClN2OS2/c1-19-12-8-7-10(17)9-14(12)22-16(19)18-15(20)11-5-3-4-6-13(11)21-2/h3-9H,1-2H3. The highest BCUT2D eigenvalue weighted by Crippen LogP contribution is 2.22. The highest BCUT2D eigenvalue weighted by molar-refractivity contribution is 7.98. The van der Waals surface area contributed by atoms with E-state index in [-0.39, 0.29) is 5.91 Å². The number of amides is 1. The largest absolute Gasteiger partial charge is 0.319 e. The first-order valence-electron chi connectivity index (χ1n) is 6.57. The number of aryl methyl sites for hydroxylation is 1. The predicted molar refractivity (Wildman–Crippen MR) is 93.9 cm³/mol. The van der Waals surface area contributed by atoms with Crippen LogP contribution in [0.2, 0.25) is 5.02 Å². The molecule has 0 spiro atoms. The van der Waals surface area contributed by atoms with Gasteiger partial charge in [-0.1, -0.05) is 35.1 Å². The van der Waals surface area contributed by atoms with Gasteiger partial charge >= 0.3 is 0 Å². The Morgan fingerprint density at radius 2 is 2.05 bits per heavy atom. The molecule has 0 saturated carbocycles. The van der Waals surface area contributed by atoms with Crippen LogP contribution < -0.4 is 4.80 Å². The third-order valence-corrected chi connectivity index (χ3v) is 5.43. The number of carbonyl (C=O) groups is 1. The summed E-state index contributed by atoms with van der Waals surface area (Å²) in [5.74, 6) is -0.224. The van der Waals surface area contributed by atoms with Gasteiger partial charge in [-0.3, -0.25) is 4.79 Å². The fourth-order valence-corrected chi connectivity index (χ4v) is 4.07. The number of fused-ring (bicyclic) bond motifs is 1. The monoisotopic (exact) mass is 348 g/mol. The van der Waals surface area contributed by atoms with E-state index in [1.807, 2.05) is 60.3 Å². The van der Waals surface area contributed by atoms with E-state index in [4.69, 9.17) is 11.6 Å². The molecule has 0 aliphatic heterocycles. The number of halogens is 1. The van der Waals surface area contributed by atoms with Crippen LogP contribution in [0.25, 0.3) is 10.2 Å². The summed E-state index contributed by atoms with van der Waals surface area (Å²) in [6.07, 6.45) is 1.95. The first-order chi connectivity index (χ1) is 10.6. The van der Waals surface area contributed by atoms with Crippen LogP contribution in [0, 0.1) is 0 Å². The van der Waals surface area contributed by atoms with Crippen LogP contribution in [0.3, 0.4) is 0 Å². The molecule has 3 nitrogen and oxygen atoms in total. The number of carbonyl (C=O) groups excluding carboxylic acids is 1. The summed E-state index contributed by atoms with van der Waals surface area (Å²) in [7, 11) is 1.90. The van der Waals surface area contributed by atoms with Crippen molar-refractivity contribution in [3.63, 3.8) is 0 Å². The predicted octanol–water partition coefficient (Wildman–Crippen LogP) is 4.36. The van der Waals surface area contributed by atoms with Gasteiger partial charge < -0.3 is 4.57 Å². The van der Waals surface area contributed by atoms with Gasteiger partial charge in [-0.15, -0.1) is 11.8 Å². The normalized spacial score (nSPS) is 12.0. The van der Waals surface area contributed by atoms with Crippen LogP contribution in [0.15, 0.2) is 52.4 Å². The van der Waals surface area contributed by atoms with Crippen molar-refractivity contribution in [3.05, 3.63) is 57.9 Å². The Morgan fingerprint density at radius 3 is 2.82 bits per heavy atom. The zero-order valence-electron chi connectivity index (χ0n) is 12.0. The molecule has 6 heteroatoms. The number of nitrogens with zero attached hydrogens (tertiary/aromatic N) is 2. The average molecular weight is 349 g/mol. The molecular weight excluding hydrogens is 336 g/mol. The van der Waals surface area contributed by atoms with Gasteiger partial charge in [0.2, 0.25) is 0 Å². The first-order valence-corrected chi connectivity index (χ1v) is 8.99. The second-order valence-electron chi connectivity index (χ2n) is 4.67. The third kappa shape index (κ3) is 2.84. The summed E-state index contributed by atoms with van der Waals surface area (Å²) < 4.78 is 2.93. The van der Waals surface area contributed by atoms with Gasteiger partial charge in [0.25, 0.3) is 5.91 Å². The third-order valence-electron chi connectivity index (χ3n) is 3.31. The van der Waals surface area contributed by atoms with Gasteiger partial charge in [-0.05, 0) is 36.6 Å². The van der Waals surface area contributed by atoms with Crippen LogP contribution in [0.1, 0.15) is 10.4 Å². The fraction of sp³-hybridized carbons (Fsp3) is 0.125. The summed E-state index contributed by atoms with van der Waals surface area (Å²) in [4.78, 5) is 18.4. The highest BCUT2D eigenvalue weighted by atomic mass is 35.5. The summed E-state index contributed by atoms with van der Waals surface area (Å²) in [6.45, 7) is 0. The lowest BCUT2D eigenvalue weighted by atomic mass is 10.2. The molecule has 3 rings (SSSR count). The number of hydrogen-bond acceptors (Lipinski definition) is 3. The van der Waals surface area contributed by atoms with Gasteiger partial charge in [0.05, 0.1) is 15.8 Å². The van der Waals surface area contributed by atoms with Crippen LogP contribution in [0.5, 0.6) is 0 Å². The molecule has 0 aliphatic carbocycles. The van der Waals surface area contributed by atoms with Crippen molar-refractivity contribution >= 4 is 50.8 Å². The van der Waals surface area contributed by atoms with Crippen LogP contribution in [-0.4, -0.2) is 16.7 Å². The molecule has 0 bridgehead atoms. The number of benzene rings is 2. The molecular formula is C16H13ClN2OS2. The van der Waals surface area contributed by atoms with E-state index in [1.54, 1.807) is 11.8 Å². The lowest BCUT2D eigenvalue weighted by molar-refractivity contribution is 0.0995. The highest BCUT2D eigenvalue weighted by Gasteiger charge is 2.10. The quantitative estimate of drug-likeness (QED) is 0.645. The van der Waals surface area contributed by atoms with Crippen LogP contribution in [0.4, 0.5) is 0 Å². The Bertz CT molecular complexity index is 927. The topological polar surface area (TPSA) is 34.4 Å². The lowest BCUT2D eigenvalue weighted by Crippen LogP contribution is -2.13. The van der Waals surface area contributed by atoms with E-state index in [0.717, 1.165) is 15.1 Å². The Balaban J connectivity index is 2.12. The Labute approximate surface area is 141 Å². The number of thiazole rings is 1. The number of rotatable bonds is 2. The van der Waals surface area contributed by atoms with Crippen molar-refractivity contribution in [1.29, 1.82) is 0 Å². The molecule has 3 aromatic rings. The first kappa shape index (κ1) is 15.3. The molecule has 112 valence electrons. The Kier molecular flexibility index (Phi) is 4.38. The van der Waals surface area contributed by atoms with E-state index < -0.39 is 0 Å². The maximum Gasteiger partial charge on any atom is 0.280 e. The van der Waals surface area contributed by atoms with Crippen molar-refractivity contribution < 1.29 is 4.79 Å². The van der Waals surface area contributed by atoms with E-state index in [2.05, 4.69) is 4.99 Å². The molecule has 0 fully saturated rings. The molecule has 0 radical (unpaired) electrons. The molecule has 0 aliphatic rings. The maximum absolute atomic E-state index is 12.5. The van der Waals surface area contributed by atoms with E-state index in [9.17, 15) is 4.79 Å². The minimum Gasteiger partial charge on any atom is -0.319 e. The van der Waals surface area contributed by atoms with Gasteiger partial charge in [-0.2, -0.15) is 4.99 Å². The average Bonchev–Trinajstić information content (AvgIpc) is 2.82. The SMILES string of the molecule is CSc1ccccc1C(=O)N=c1sc2cc(Cl)ccc2n1C. The second-order valence-corrected chi connectivity index (χ2v) is 6.97. The Hall–Kier alpha value is -1.56. The van der Waals surface area contributed by atoms with Crippen molar-refractivity contribution in [2.24, 2.45) is 12.0 Å². The van der Waals surface area contributed by atoms with Crippen molar-refractivity contribution in [2.45, 2.75) is 4.90 Å². The minimum absolute atomic E-state index is 0.224. The summed E-state index contributed by atoms with van der Waals surface area (Å²) >= 11 is 9.02. The molecule has 22 heavy (non-hydrogen) atoms. The van der Waals surface area contributed by atoms with E-state index in [1.165, 1.54) is 11.3 Å². The van der Waals surface area contributed by atoms with Crippen LogP contribution >= 0.6 is 34.7 Å². The van der Waals surface area contributed by atoms with Crippen LogP contribution in [-0.2, 0) is 7.05 Å². The molecule has 0 atom stereocenters. The molecule has 1 amide bonds.